The second kappa shape index (κ2) is 6.82. The Morgan fingerprint density at radius 2 is 2.17 bits per heavy atom. The van der Waals surface area contributed by atoms with Crippen LogP contribution in [-0.4, -0.2) is 24.0 Å². The van der Waals surface area contributed by atoms with E-state index in [1.807, 2.05) is 43.3 Å². The number of carbonyl (C=O) groups excluding carboxylic acids is 1. The first kappa shape index (κ1) is 15.5. The number of aromatic nitrogens is 1. The van der Waals surface area contributed by atoms with Crippen LogP contribution in [-0.2, 0) is 0 Å². The molecule has 1 aromatic carbocycles. The van der Waals surface area contributed by atoms with E-state index in [0.717, 1.165) is 30.0 Å². The summed E-state index contributed by atoms with van der Waals surface area (Å²) < 4.78 is 0. The summed E-state index contributed by atoms with van der Waals surface area (Å²) in [5.74, 6) is 0.531. The van der Waals surface area contributed by atoms with E-state index in [2.05, 4.69) is 22.1 Å². The molecule has 0 aliphatic carbocycles. The van der Waals surface area contributed by atoms with E-state index in [1.54, 1.807) is 6.20 Å². The van der Waals surface area contributed by atoms with Gasteiger partial charge in [0.1, 0.15) is 5.69 Å². The predicted molar refractivity (Wildman–Crippen MR) is 94.0 cm³/mol. The molecule has 4 nitrogen and oxygen atoms in total. The molecule has 1 aromatic heterocycles. The summed E-state index contributed by atoms with van der Waals surface area (Å²) in [4.78, 5) is 19.0. The highest BCUT2D eigenvalue weighted by atomic mass is 16.1. The van der Waals surface area contributed by atoms with E-state index >= 15 is 0 Å². The normalized spacial score (nSPS) is 17.8. The van der Waals surface area contributed by atoms with Gasteiger partial charge < -0.3 is 10.2 Å². The molecular weight excluding hydrogens is 286 g/mol. The van der Waals surface area contributed by atoms with Crippen molar-refractivity contribution in [3.05, 3.63) is 53.9 Å². The molecule has 1 atom stereocenters. The van der Waals surface area contributed by atoms with Crippen LogP contribution >= 0.6 is 0 Å². The zero-order valence-corrected chi connectivity index (χ0v) is 13.7. The lowest BCUT2D eigenvalue weighted by atomic mass is 10.00. The van der Waals surface area contributed by atoms with Gasteiger partial charge in [-0.05, 0) is 55.5 Å². The van der Waals surface area contributed by atoms with Gasteiger partial charge in [-0.25, -0.2) is 0 Å². The molecule has 2 aromatic rings. The Labute approximate surface area is 137 Å². The van der Waals surface area contributed by atoms with Crippen molar-refractivity contribution in [1.82, 2.24) is 4.98 Å². The number of aryl methyl sites for hydroxylation is 1. The van der Waals surface area contributed by atoms with Crippen molar-refractivity contribution in [2.24, 2.45) is 5.92 Å². The molecule has 0 radical (unpaired) electrons. The van der Waals surface area contributed by atoms with Gasteiger partial charge in [0.05, 0.1) is 0 Å². The van der Waals surface area contributed by atoms with E-state index < -0.39 is 0 Å². The highest BCUT2D eigenvalue weighted by Crippen LogP contribution is 2.23. The lowest BCUT2D eigenvalue weighted by molar-refractivity contribution is 0.102. The van der Waals surface area contributed by atoms with Crippen molar-refractivity contribution >= 4 is 17.3 Å². The zero-order chi connectivity index (χ0) is 16.2. The maximum absolute atomic E-state index is 12.4. The van der Waals surface area contributed by atoms with E-state index in [0.29, 0.717) is 11.6 Å². The number of nitrogens with one attached hydrogen (secondary N) is 1. The maximum Gasteiger partial charge on any atom is 0.274 e. The van der Waals surface area contributed by atoms with Crippen molar-refractivity contribution in [3.8, 4) is 0 Å². The molecule has 0 saturated carbocycles. The molecule has 23 heavy (non-hydrogen) atoms. The van der Waals surface area contributed by atoms with Crippen LogP contribution in [0.3, 0.4) is 0 Å². The number of nitrogens with zero attached hydrogens (tertiary/aromatic N) is 2. The molecule has 2 heterocycles. The third-order valence-electron chi connectivity index (χ3n) is 4.27. The van der Waals surface area contributed by atoms with Gasteiger partial charge >= 0.3 is 0 Å². The summed E-state index contributed by atoms with van der Waals surface area (Å²) >= 11 is 0. The quantitative estimate of drug-likeness (QED) is 0.936. The number of anilines is 2. The first-order chi connectivity index (χ1) is 11.1. The third kappa shape index (κ3) is 3.89. The van der Waals surface area contributed by atoms with Gasteiger partial charge in [-0.3, -0.25) is 9.78 Å². The monoisotopic (exact) mass is 309 g/mol. The van der Waals surface area contributed by atoms with Gasteiger partial charge in [-0.2, -0.15) is 0 Å². The molecule has 1 aliphatic heterocycles. The molecular formula is C19H23N3O. The summed E-state index contributed by atoms with van der Waals surface area (Å²) in [5.41, 5.74) is 3.46. The minimum absolute atomic E-state index is 0.164. The van der Waals surface area contributed by atoms with Crippen LogP contribution in [0.5, 0.6) is 0 Å². The smallest absolute Gasteiger partial charge is 0.274 e. The number of pyridine rings is 1. The van der Waals surface area contributed by atoms with Crippen LogP contribution < -0.4 is 10.2 Å². The SMILES string of the molecule is Cc1cccc(NC(=O)c2cc(N3CCCC(C)C3)ccn2)c1. The highest BCUT2D eigenvalue weighted by Gasteiger charge is 2.18. The molecule has 0 bridgehead atoms. The lowest BCUT2D eigenvalue weighted by Crippen LogP contribution is -2.34. The number of hydrogen-bond acceptors (Lipinski definition) is 3. The van der Waals surface area contributed by atoms with Crippen LogP contribution in [0.2, 0.25) is 0 Å². The molecule has 3 rings (SSSR count). The van der Waals surface area contributed by atoms with Gasteiger partial charge in [-0.15, -0.1) is 0 Å². The third-order valence-corrected chi connectivity index (χ3v) is 4.27. The minimum atomic E-state index is -0.164. The van der Waals surface area contributed by atoms with Crippen molar-refractivity contribution in [2.75, 3.05) is 23.3 Å². The first-order valence-corrected chi connectivity index (χ1v) is 8.21. The molecule has 0 spiro atoms. The Bertz CT molecular complexity index is 699. The number of carbonyl (C=O) groups is 1. The summed E-state index contributed by atoms with van der Waals surface area (Å²) in [6.45, 7) is 6.38. The predicted octanol–water partition coefficient (Wildman–Crippen LogP) is 3.88. The summed E-state index contributed by atoms with van der Waals surface area (Å²) in [5, 5.41) is 2.92. The van der Waals surface area contributed by atoms with Gasteiger partial charge in [0.15, 0.2) is 0 Å². The van der Waals surface area contributed by atoms with Crippen molar-refractivity contribution in [2.45, 2.75) is 26.7 Å². The second-order valence-corrected chi connectivity index (χ2v) is 6.42. The zero-order valence-electron chi connectivity index (χ0n) is 13.7. The van der Waals surface area contributed by atoms with Gasteiger partial charge in [-0.1, -0.05) is 19.1 Å². The molecule has 1 saturated heterocycles. The van der Waals surface area contributed by atoms with Gasteiger partial charge in [0.25, 0.3) is 5.91 Å². The van der Waals surface area contributed by atoms with Crippen LogP contribution in [0.4, 0.5) is 11.4 Å². The Morgan fingerprint density at radius 3 is 2.96 bits per heavy atom. The first-order valence-electron chi connectivity index (χ1n) is 8.21. The fraction of sp³-hybridized carbons (Fsp3) is 0.368. The minimum Gasteiger partial charge on any atom is -0.371 e. The number of rotatable bonds is 3. The van der Waals surface area contributed by atoms with Crippen LogP contribution in [0.15, 0.2) is 42.6 Å². The summed E-state index contributed by atoms with van der Waals surface area (Å²) in [6.07, 6.45) is 4.20. The van der Waals surface area contributed by atoms with Gasteiger partial charge in [0.2, 0.25) is 0 Å². The lowest BCUT2D eigenvalue weighted by Gasteiger charge is -2.32. The Morgan fingerprint density at radius 1 is 1.30 bits per heavy atom. The van der Waals surface area contributed by atoms with Crippen LogP contribution in [0.1, 0.15) is 35.8 Å². The second-order valence-electron chi connectivity index (χ2n) is 6.42. The molecule has 1 fully saturated rings. The summed E-state index contributed by atoms with van der Waals surface area (Å²) in [7, 11) is 0. The highest BCUT2D eigenvalue weighted by molar-refractivity contribution is 6.03. The Hall–Kier alpha value is -2.36. The fourth-order valence-electron chi connectivity index (χ4n) is 3.08. The Kier molecular flexibility index (Phi) is 4.60. The molecule has 1 unspecified atom stereocenters. The fourth-order valence-corrected chi connectivity index (χ4v) is 3.08. The van der Waals surface area contributed by atoms with Crippen molar-refractivity contribution < 1.29 is 4.79 Å². The average Bonchev–Trinajstić information content (AvgIpc) is 2.55. The average molecular weight is 309 g/mol. The van der Waals surface area contributed by atoms with Crippen LogP contribution in [0, 0.1) is 12.8 Å². The van der Waals surface area contributed by atoms with E-state index in [9.17, 15) is 4.79 Å². The Balaban J connectivity index is 1.75. The maximum atomic E-state index is 12.4. The number of amides is 1. The summed E-state index contributed by atoms with van der Waals surface area (Å²) in [6, 6.07) is 11.7. The number of piperidine rings is 1. The van der Waals surface area contributed by atoms with Crippen molar-refractivity contribution in [3.63, 3.8) is 0 Å². The van der Waals surface area contributed by atoms with Crippen LogP contribution in [0.25, 0.3) is 0 Å². The standard InChI is InChI=1S/C19H23N3O/c1-14-5-3-7-16(11-14)21-19(23)18-12-17(8-9-20-18)22-10-4-6-15(2)13-22/h3,5,7-9,11-12,15H,4,6,10,13H2,1-2H3,(H,21,23). The van der Waals surface area contributed by atoms with E-state index in [-0.39, 0.29) is 5.91 Å². The van der Waals surface area contributed by atoms with Crippen molar-refractivity contribution in [1.29, 1.82) is 0 Å². The number of hydrogen-bond donors (Lipinski definition) is 1. The molecule has 1 N–H and O–H groups in total. The molecule has 1 amide bonds. The largest absolute Gasteiger partial charge is 0.371 e. The number of benzene rings is 1. The molecule has 120 valence electrons. The molecule has 1 aliphatic rings. The van der Waals surface area contributed by atoms with E-state index in [4.69, 9.17) is 0 Å². The topological polar surface area (TPSA) is 45.2 Å². The van der Waals surface area contributed by atoms with Gasteiger partial charge in [0, 0.05) is 30.7 Å². The van der Waals surface area contributed by atoms with E-state index in [1.165, 1.54) is 12.8 Å². The molecule has 4 heteroatoms.